The van der Waals surface area contributed by atoms with Gasteiger partial charge in [-0.25, -0.2) is 0 Å². The predicted molar refractivity (Wildman–Crippen MR) is 70.4 cm³/mol. The third kappa shape index (κ3) is 1.25. The van der Waals surface area contributed by atoms with Gasteiger partial charge in [-0.1, -0.05) is 11.6 Å². The summed E-state index contributed by atoms with van der Waals surface area (Å²) in [5, 5.41) is 4.75. The molecule has 0 bridgehead atoms. The van der Waals surface area contributed by atoms with Gasteiger partial charge < -0.3 is 9.88 Å². The van der Waals surface area contributed by atoms with Crippen molar-refractivity contribution in [3.63, 3.8) is 0 Å². The molecule has 0 spiro atoms. The zero-order valence-electron chi connectivity index (χ0n) is 12.8. The Balaban J connectivity index is 2.01. The fourth-order valence-electron chi connectivity index (χ4n) is 3.51. The van der Waals surface area contributed by atoms with Crippen molar-refractivity contribution in [3.8, 4) is 0 Å². The van der Waals surface area contributed by atoms with Crippen LogP contribution in [0.4, 0.5) is 0 Å². The molecule has 1 atom stereocenters. The molecule has 88 valence electrons. The first-order valence-corrected chi connectivity index (χ1v) is 6.44. The van der Waals surface area contributed by atoms with Crippen molar-refractivity contribution < 1.29 is 4.11 Å². The maximum Gasteiger partial charge on any atom is 0.0486 e. The second-order valence-corrected chi connectivity index (χ2v) is 5.15. The van der Waals surface area contributed by atoms with Gasteiger partial charge in [0, 0.05) is 39.8 Å². The number of benzene rings is 1. The Bertz CT molecular complexity index is 682. The fourth-order valence-corrected chi connectivity index (χ4v) is 3.51. The van der Waals surface area contributed by atoms with Crippen molar-refractivity contribution >= 4 is 10.9 Å². The van der Waals surface area contributed by atoms with Gasteiger partial charge in [0.15, 0.2) is 0 Å². The average Bonchev–Trinajstić information content (AvgIpc) is 2.75. The number of aromatic nitrogens is 1. The van der Waals surface area contributed by atoms with Gasteiger partial charge in [0.1, 0.15) is 0 Å². The molecule has 1 aliphatic carbocycles. The van der Waals surface area contributed by atoms with Crippen molar-refractivity contribution in [2.45, 2.75) is 38.7 Å². The van der Waals surface area contributed by atoms with Crippen LogP contribution in [0.3, 0.4) is 0 Å². The van der Waals surface area contributed by atoms with E-state index in [-0.39, 0.29) is 0 Å². The lowest BCUT2D eigenvalue weighted by Gasteiger charge is -2.31. The summed E-state index contributed by atoms with van der Waals surface area (Å²) in [7, 11) is 0. The summed E-state index contributed by atoms with van der Waals surface area (Å²) < 4.78 is 25.2. The smallest absolute Gasteiger partial charge is 0.0486 e. The number of rotatable bonds is 0. The Labute approximate surface area is 106 Å². The summed E-state index contributed by atoms with van der Waals surface area (Å²) in [6.45, 7) is -0.0347. The standard InChI is InChI=1S/C15H18N2/c1-10-5-6-14-12(9-10)11-3-2-4-13-15(11)17(14)8-7-16-13/h5-6,9,13,16H,2-4,7-8H2,1H3/i1D3. The van der Waals surface area contributed by atoms with Crippen molar-refractivity contribution in [2.24, 2.45) is 0 Å². The minimum absolute atomic E-state index is 0.455. The maximum atomic E-state index is 7.61. The quantitative estimate of drug-likeness (QED) is 0.735. The minimum Gasteiger partial charge on any atom is -0.342 e. The molecular weight excluding hydrogens is 208 g/mol. The highest BCUT2D eigenvalue weighted by molar-refractivity contribution is 5.87. The summed E-state index contributed by atoms with van der Waals surface area (Å²) in [6, 6.07) is 6.11. The number of aryl methyl sites for hydroxylation is 2. The average molecular weight is 229 g/mol. The van der Waals surface area contributed by atoms with Crippen LogP contribution in [-0.4, -0.2) is 11.1 Å². The van der Waals surface area contributed by atoms with Gasteiger partial charge in [0.05, 0.1) is 0 Å². The Morgan fingerprint density at radius 2 is 2.47 bits per heavy atom. The number of hydrogen-bond donors (Lipinski definition) is 1. The van der Waals surface area contributed by atoms with Crippen LogP contribution in [0.15, 0.2) is 18.2 Å². The van der Waals surface area contributed by atoms with Gasteiger partial charge in [0.25, 0.3) is 0 Å². The molecule has 0 amide bonds. The molecule has 4 rings (SSSR count). The van der Waals surface area contributed by atoms with E-state index in [1.54, 1.807) is 6.07 Å². The van der Waals surface area contributed by atoms with E-state index < -0.39 is 6.85 Å². The molecule has 17 heavy (non-hydrogen) atoms. The first kappa shape index (κ1) is 7.22. The van der Waals surface area contributed by atoms with Crippen LogP contribution in [0.25, 0.3) is 10.9 Å². The molecule has 1 aromatic heterocycles. The van der Waals surface area contributed by atoms with E-state index in [1.165, 1.54) is 29.6 Å². The number of fused-ring (bicyclic) bond motifs is 3. The highest BCUT2D eigenvalue weighted by Gasteiger charge is 2.29. The van der Waals surface area contributed by atoms with Gasteiger partial charge in [-0.05, 0) is 43.8 Å². The number of hydrogen-bond acceptors (Lipinski definition) is 1. The van der Waals surface area contributed by atoms with Crippen LogP contribution in [0, 0.1) is 6.85 Å². The highest BCUT2D eigenvalue weighted by atomic mass is 15.1. The SMILES string of the molecule is [2H]C([2H])([2H])c1ccc2c(c1)c1c3n2CCNC3CCC1. The van der Waals surface area contributed by atoms with Crippen LogP contribution in [-0.2, 0) is 13.0 Å². The molecule has 0 fully saturated rings. The summed E-state index contributed by atoms with van der Waals surface area (Å²) in [5.41, 5.74) is 4.44. The summed E-state index contributed by atoms with van der Waals surface area (Å²) in [4.78, 5) is 0. The molecule has 0 saturated heterocycles. The predicted octanol–water partition coefficient (Wildman–Crippen LogP) is 2.93. The molecule has 0 saturated carbocycles. The van der Waals surface area contributed by atoms with Crippen LogP contribution < -0.4 is 5.32 Å². The first-order valence-electron chi connectivity index (χ1n) is 7.94. The number of nitrogens with zero attached hydrogens (tertiary/aromatic N) is 1. The van der Waals surface area contributed by atoms with Crippen molar-refractivity contribution in [2.75, 3.05) is 6.54 Å². The second kappa shape index (κ2) is 3.36. The van der Waals surface area contributed by atoms with Crippen LogP contribution in [0.5, 0.6) is 0 Å². The fraction of sp³-hybridized carbons (Fsp3) is 0.467. The minimum atomic E-state index is -2.02. The van der Waals surface area contributed by atoms with E-state index in [0.717, 1.165) is 24.9 Å². The van der Waals surface area contributed by atoms with Crippen molar-refractivity contribution in [1.82, 2.24) is 9.88 Å². The molecule has 1 aliphatic heterocycles. The lowest BCUT2D eigenvalue weighted by atomic mass is 9.90. The first-order chi connectivity index (χ1) is 9.55. The molecular formula is C15H18N2. The van der Waals surface area contributed by atoms with Gasteiger partial charge >= 0.3 is 0 Å². The normalized spacial score (nSPS) is 26.1. The van der Waals surface area contributed by atoms with Crippen LogP contribution >= 0.6 is 0 Å². The van der Waals surface area contributed by atoms with Gasteiger partial charge in [-0.2, -0.15) is 0 Å². The second-order valence-electron chi connectivity index (χ2n) is 5.15. The number of nitrogens with one attached hydrogen (secondary N) is 1. The molecule has 2 aromatic rings. The van der Waals surface area contributed by atoms with Gasteiger partial charge in [-0.15, -0.1) is 0 Å². The van der Waals surface area contributed by atoms with Crippen molar-refractivity contribution in [1.29, 1.82) is 0 Å². The van der Waals surface area contributed by atoms with E-state index >= 15 is 0 Å². The van der Waals surface area contributed by atoms with E-state index in [1.807, 2.05) is 12.1 Å². The highest BCUT2D eigenvalue weighted by Crippen LogP contribution is 2.38. The Morgan fingerprint density at radius 3 is 3.41 bits per heavy atom. The van der Waals surface area contributed by atoms with Gasteiger partial charge in [-0.3, -0.25) is 0 Å². The third-order valence-corrected chi connectivity index (χ3v) is 4.19. The monoisotopic (exact) mass is 229 g/mol. The molecule has 1 N–H and O–H groups in total. The molecule has 2 nitrogen and oxygen atoms in total. The summed E-state index contributed by atoms with van der Waals surface area (Å²) >= 11 is 0. The maximum absolute atomic E-state index is 7.61. The molecule has 0 radical (unpaired) electrons. The van der Waals surface area contributed by atoms with E-state index in [0.29, 0.717) is 11.6 Å². The Kier molecular flexibility index (Phi) is 1.43. The van der Waals surface area contributed by atoms with E-state index in [4.69, 9.17) is 4.11 Å². The molecule has 1 aromatic carbocycles. The molecule has 2 heterocycles. The lowest BCUT2D eigenvalue weighted by Crippen LogP contribution is -2.35. The largest absolute Gasteiger partial charge is 0.342 e. The zero-order chi connectivity index (χ0) is 13.9. The topological polar surface area (TPSA) is 17.0 Å². The Morgan fingerprint density at radius 1 is 1.47 bits per heavy atom. The summed E-state index contributed by atoms with van der Waals surface area (Å²) in [6.07, 6.45) is 3.44. The summed E-state index contributed by atoms with van der Waals surface area (Å²) in [5.74, 6) is 0. The van der Waals surface area contributed by atoms with Crippen molar-refractivity contribution in [3.05, 3.63) is 35.0 Å². The van der Waals surface area contributed by atoms with Crippen LogP contribution in [0.2, 0.25) is 0 Å². The Hall–Kier alpha value is -1.28. The van der Waals surface area contributed by atoms with Gasteiger partial charge in [0.2, 0.25) is 0 Å². The molecule has 1 unspecified atom stereocenters. The van der Waals surface area contributed by atoms with E-state index in [9.17, 15) is 0 Å². The molecule has 2 aliphatic rings. The third-order valence-electron chi connectivity index (χ3n) is 4.19. The zero-order valence-corrected chi connectivity index (χ0v) is 9.79. The van der Waals surface area contributed by atoms with E-state index in [2.05, 4.69) is 9.88 Å². The van der Waals surface area contributed by atoms with Crippen LogP contribution in [0.1, 0.15) is 39.8 Å². The lowest BCUT2D eigenvalue weighted by molar-refractivity contribution is 0.384. The molecule has 2 heteroatoms.